The van der Waals surface area contributed by atoms with E-state index in [0.29, 0.717) is 0 Å². The maximum atomic E-state index is 8.25. The Morgan fingerprint density at radius 3 is 0.800 bits per heavy atom. The van der Waals surface area contributed by atoms with Crippen molar-refractivity contribution in [2.24, 2.45) is 0 Å². The van der Waals surface area contributed by atoms with Gasteiger partial charge in [-0.3, -0.25) is 0 Å². The average Bonchev–Trinajstić information content (AvgIpc) is 1.25. The van der Waals surface area contributed by atoms with E-state index in [0.717, 1.165) is 0 Å². The van der Waals surface area contributed by atoms with E-state index in [1.807, 2.05) is 0 Å². The van der Waals surface area contributed by atoms with Crippen LogP contribution >= 0.6 is 0 Å². The molecule has 10 heavy (non-hydrogen) atoms. The number of hydrogen-bond donors (Lipinski definition) is 1. The van der Waals surface area contributed by atoms with E-state index >= 15 is 0 Å². The fourth-order valence-corrected chi connectivity index (χ4v) is 0. The third-order valence-corrected chi connectivity index (χ3v) is 0. The summed E-state index contributed by atoms with van der Waals surface area (Å²) in [6, 6.07) is 0. The average molecular weight is 250 g/mol. The van der Waals surface area contributed by atoms with Gasteiger partial charge in [-0.1, -0.05) is 0 Å². The van der Waals surface area contributed by atoms with Gasteiger partial charge in [0.25, 0.3) is 0 Å². The molecule has 0 atom stereocenters. The summed E-state index contributed by atoms with van der Waals surface area (Å²) in [6.07, 6.45) is 0. The van der Waals surface area contributed by atoms with Gasteiger partial charge in [0.15, 0.2) is 0 Å². The number of hydrogen-bond acceptors (Lipinski definition) is 6. The van der Waals surface area contributed by atoms with E-state index < -0.39 is 10.2 Å². The Hall–Kier alpha value is -0.900. The van der Waals surface area contributed by atoms with Gasteiger partial charge in [-0.25, -0.2) is 0 Å². The third kappa shape index (κ3) is 326. The second-order valence-corrected chi connectivity index (χ2v) is 0.447. The minimum atomic E-state index is -1.75. The van der Waals surface area contributed by atoms with Gasteiger partial charge in [-0.15, -0.1) is 0 Å². The number of quaternary nitrogens is 1. The Kier molecular flexibility index (Phi) is 36.0. The summed E-state index contributed by atoms with van der Waals surface area (Å²) in [7, 11) is 0. The molecule has 0 aliphatic rings. The van der Waals surface area contributed by atoms with Crippen LogP contribution in [0.4, 0.5) is 0 Å². The van der Waals surface area contributed by atoms with Crippen LogP contribution < -0.4 is 6.15 Å². The van der Waals surface area contributed by atoms with Crippen LogP contribution in [0, 0.1) is 30.6 Å². The molecule has 10 heteroatoms. The maximum Gasteiger partial charge on any atom is 1.00 e. The van der Waals surface area contributed by atoms with Gasteiger partial charge < -0.3 is 36.8 Å². The molecule has 0 unspecified atom stereocenters. The van der Waals surface area contributed by atoms with Crippen molar-refractivity contribution >= 4 is 0 Å². The van der Waals surface area contributed by atoms with Crippen LogP contribution in [0.1, 0.15) is 0 Å². The molecule has 0 bridgehead atoms. The van der Waals surface area contributed by atoms with Crippen molar-refractivity contribution < 1.29 is 32.6 Å². The molecule has 0 aromatic carbocycles. The Bertz CT molecular complexity index is 71.0. The fraction of sp³-hybridized carbons (Fsp3) is 0. The van der Waals surface area contributed by atoms with Crippen LogP contribution in [0.25, 0.3) is 0 Å². The first-order chi connectivity index (χ1) is 3.46. The quantitative estimate of drug-likeness (QED) is 0.357. The van der Waals surface area contributed by atoms with Crippen LogP contribution in [-0.4, -0.2) is 10.2 Å². The minimum Gasteiger partial charge on any atom is -0.369 e. The predicted octanol–water partition coefficient (Wildman–Crippen LogP) is -0.105. The smallest absolute Gasteiger partial charge is 0.369 e. The molecule has 0 rings (SSSR count). The number of rotatable bonds is 0. The Balaban J connectivity index is -0.0000000300. The first-order valence-corrected chi connectivity index (χ1v) is 1.10. The molecule has 0 fully saturated rings. The largest absolute Gasteiger partial charge is 1.00 e. The molecule has 0 radical (unpaired) electrons. The molecule has 66 valence electrons. The molecular weight excluding hydrogens is 246 g/mol. The molecular formula is H4AgN3O6. The van der Waals surface area contributed by atoms with Gasteiger partial charge >= 0.3 is 22.4 Å². The van der Waals surface area contributed by atoms with E-state index in [-0.39, 0.29) is 28.5 Å². The molecule has 0 aromatic heterocycles. The van der Waals surface area contributed by atoms with Crippen molar-refractivity contribution in [2.75, 3.05) is 0 Å². The first-order valence-electron chi connectivity index (χ1n) is 1.10. The van der Waals surface area contributed by atoms with Crippen LogP contribution in [-0.2, 0) is 22.4 Å². The van der Waals surface area contributed by atoms with Crippen molar-refractivity contribution in [1.82, 2.24) is 6.15 Å². The van der Waals surface area contributed by atoms with Crippen molar-refractivity contribution in [1.29, 1.82) is 0 Å². The summed E-state index contributed by atoms with van der Waals surface area (Å²) < 4.78 is 0. The maximum absolute atomic E-state index is 8.25. The fourth-order valence-electron chi connectivity index (χ4n) is 0. The molecule has 0 aliphatic carbocycles. The zero-order chi connectivity index (χ0) is 7.15. The molecule has 0 heterocycles. The van der Waals surface area contributed by atoms with E-state index in [1.54, 1.807) is 0 Å². The Labute approximate surface area is 70.0 Å². The second-order valence-electron chi connectivity index (χ2n) is 0.447. The predicted molar refractivity (Wildman–Crippen MR) is 26.7 cm³/mol. The van der Waals surface area contributed by atoms with Crippen molar-refractivity contribution in [2.45, 2.75) is 0 Å². The van der Waals surface area contributed by atoms with Gasteiger partial charge in [0.05, 0.1) is 10.2 Å². The molecule has 0 saturated heterocycles. The van der Waals surface area contributed by atoms with Crippen LogP contribution in [0.3, 0.4) is 0 Å². The summed E-state index contributed by atoms with van der Waals surface area (Å²) in [6.45, 7) is 0. The van der Waals surface area contributed by atoms with E-state index in [9.17, 15) is 0 Å². The topological polar surface area (TPSA) is 169 Å². The van der Waals surface area contributed by atoms with Gasteiger partial charge in [-0.05, 0) is 0 Å². The molecule has 0 spiro atoms. The van der Waals surface area contributed by atoms with Gasteiger partial charge in [0, 0.05) is 0 Å². The summed E-state index contributed by atoms with van der Waals surface area (Å²) >= 11 is 0. The van der Waals surface area contributed by atoms with Crippen molar-refractivity contribution in [3.05, 3.63) is 30.6 Å². The van der Waals surface area contributed by atoms with E-state index in [2.05, 4.69) is 0 Å². The van der Waals surface area contributed by atoms with E-state index in [4.69, 9.17) is 30.6 Å². The van der Waals surface area contributed by atoms with Crippen LogP contribution in [0.2, 0.25) is 0 Å². The molecule has 4 N–H and O–H groups in total. The van der Waals surface area contributed by atoms with Crippen LogP contribution in [0.5, 0.6) is 0 Å². The van der Waals surface area contributed by atoms with Crippen LogP contribution in [0.15, 0.2) is 0 Å². The van der Waals surface area contributed by atoms with Crippen molar-refractivity contribution in [3.8, 4) is 0 Å². The van der Waals surface area contributed by atoms with Gasteiger partial charge in [-0.2, -0.15) is 0 Å². The normalized spacial score (nSPS) is 4.80. The number of nitrogens with zero attached hydrogens (tertiary/aromatic N) is 2. The van der Waals surface area contributed by atoms with Gasteiger partial charge in [0.2, 0.25) is 0 Å². The standard InChI is InChI=1S/Ag.2NO3.H3N/c;2*2-1(3)4;/h;;;1H3/q+1;2*-1;/p+1. The summed E-state index contributed by atoms with van der Waals surface area (Å²) in [5.74, 6) is 0. The minimum absolute atomic E-state index is 0. The monoisotopic (exact) mass is 249 g/mol. The zero-order valence-electron chi connectivity index (χ0n) is 4.65. The van der Waals surface area contributed by atoms with Gasteiger partial charge in [0.1, 0.15) is 0 Å². The second kappa shape index (κ2) is 15.7. The summed E-state index contributed by atoms with van der Waals surface area (Å²) in [4.78, 5) is 16.5. The molecule has 9 nitrogen and oxygen atoms in total. The summed E-state index contributed by atoms with van der Waals surface area (Å²) in [5, 5.41) is 29.5. The molecule has 0 aromatic rings. The Morgan fingerprint density at radius 2 is 0.800 bits per heavy atom. The SMILES string of the molecule is O=[N+]([O-])[O-].O=[N+]([O-])[O-].[Ag+].[NH4+]. The summed E-state index contributed by atoms with van der Waals surface area (Å²) in [5.41, 5.74) is 0. The first kappa shape index (κ1) is 23.0. The Morgan fingerprint density at radius 1 is 0.800 bits per heavy atom. The zero-order valence-corrected chi connectivity index (χ0v) is 6.13. The third-order valence-electron chi connectivity index (χ3n) is 0. The van der Waals surface area contributed by atoms with Crippen molar-refractivity contribution in [3.63, 3.8) is 0 Å². The van der Waals surface area contributed by atoms with E-state index in [1.165, 1.54) is 0 Å². The molecule has 0 aliphatic heterocycles. The molecule has 0 amide bonds. The molecule has 0 saturated carbocycles.